The standard InChI is InChI=1S/C31H37F3N4O4/c1-15(17-6-5-7-18(26(17)32)28(33)34)35-29(40)22-14-38(24-10-19(24)16-8-9-16)25(39)11-23(22)36-27-20-12-37(13-21(20)27)30(41)42-31(2,3)4/h5-7,11,14-16,19-21,24,27-28,36H,8-10,12-13H2,1-4H3,(H,35,40)/t15-,19+,20-,21+,24-,27+/m1/s1. The second-order valence-corrected chi connectivity index (χ2v) is 13.3. The van der Waals surface area contributed by atoms with E-state index in [1.807, 2.05) is 20.8 Å². The van der Waals surface area contributed by atoms with Crippen molar-refractivity contribution in [2.45, 2.75) is 77.1 Å². The number of carbonyl (C=O) groups excluding carboxylic acids is 2. The molecule has 8 nitrogen and oxygen atoms in total. The molecule has 1 saturated heterocycles. The third-order valence-electron chi connectivity index (χ3n) is 8.99. The smallest absolute Gasteiger partial charge is 0.410 e. The zero-order chi connectivity index (χ0) is 30.1. The number of aromatic nitrogens is 1. The molecule has 3 aliphatic carbocycles. The van der Waals surface area contributed by atoms with Gasteiger partial charge >= 0.3 is 6.09 Å². The number of hydrogen-bond donors (Lipinski definition) is 2. The number of hydrogen-bond acceptors (Lipinski definition) is 5. The monoisotopic (exact) mass is 586 g/mol. The van der Waals surface area contributed by atoms with Gasteiger partial charge in [-0.25, -0.2) is 18.0 Å². The molecule has 4 fully saturated rings. The number of carbonyl (C=O) groups is 2. The second kappa shape index (κ2) is 10.3. The summed E-state index contributed by atoms with van der Waals surface area (Å²) in [5.41, 5.74) is -0.942. The number of alkyl halides is 2. The van der Waals surface area contributed by atoms with Crippen LogP contribution >= 0.6 is 0 Å². The first-order chi connectivity index (χ1) is 19.8. The molecule has 1 aliphatic heterocycles. The molecular weight excluding hydrogens is 549 g/mol. The fourth-order valence-corrected chi connectivity index (χ4v) is 6.48. The number of anilines is 1. The molecule has 3 saturated carbocycles. The van der Waals surface area contributed by atoms with Gasteiger partial charge in [-0.05, 0) is 58.8 Å². The van der Waals surface area contributed by atoms with Crippen LogP contribution in [0.2, 0.25) is 0 Å². The number of ether oxygens (including phenoxy) is 1. The summed E-state index contributed by atoms with van der Waals surface area (Å²) in [5.74, 6) is -0.211. The van der Waals surface area contributed by atoms with Gasteiger partial charge in [0.2, 0.25) is 0 Å². The third kappa shape index (κ3) is 5.62. The van der Waals surface area contributed by atoms with Crippen LogP contribution in [0.15, 0.2) is 35.3 Å². The number of nitrogens with one attached hydrogen (secondary N) is 2. The molecule has 226 valence electrons. The van der Waals surface area contributed by atoms with E-state index in [0.717, 1.165) is 25.3 Å². The molecule has 1 aromatic carbocycles. The number of likely N-dealkylation sites (tertiary alicyclic amines) is 1. The summed E-state index contributed by atoms with van der Waals surface area (Å²) in [6.45, 7) is 8.02. The lowest BCUT2D eigenvalue weighted by atomic mass is 10.0. The van der Waals surface area contributed by atoms with E-state index in [9.17, 15) is 27.6 Å². The van der Waals surface area contributed by atoms with Crippen LogP contribution in [0, 0.1) is 29.5 Å². The number of piperidine rings is 1. The van der Waals surface area contributed by atoms with Gasteiger partial charge in [0, 0.05) is 54.8 Å². The third-order valence-corrected chi connectivity index (χ3v) is 8.99. The molecule has 2 amide bonds. The van der Waals surface area contributed by atoms with Crippen molar-refractivity contribution in [2.24, 2.45) is 23.7 Å². The Morgan fingerprint density at radius 2 is 1.74 bits per heavy atom. The summed E-state index contributed by atoms with van der Waals surface area (Å²) in [4.78, 5) is 41.0. The minimum Gasteiger partial charge on any atom is -0.444 e. The van der Waals surface area contributed by atoms with Crippen molar-refractivity contribution in [3.8, 4) is 0 Å². The summed E-state index contributed by atoms with van der Waals surface area (Å²) >= 11 is 0. The first-order valence-corrected chi connectivity index (χ1v) is 14.7. The number of rotatable bonds is 8. The van der Waals surface area contributed by atoms with Gasteiger partial charge in [-0.1, -0.05) is 18.2 Å². The number of benzene rings is 1. The van der Waals surface area contributed by atoms with Crippen molar-refractivity contribution in [3.63, 3.8) is 0 Å². The Balaban J connectivity index is 1.21. The largest absolute Gasteiger partial charge is 0.444 e. The Morgan fingerprint density at radius 1 is 1.07 bits per heavy atom. The molecule has 42 heavy (non-hydrogen) atoms. The van der Waals surface area contributed by atoms with Crippen LogP contribution < -0.4 is 16.2 Å². The van der Waals surface area contributed by atoms with Crippen molar-refractivity contribution in [1.82, 2.24) is 14.8 Å². The summed E-state index contributed by atoms with van der Waals surface area (Å²) in [5, 5.41) is 6.12. The molecule has 1 aromatic heterocycles. The van der Waals surface area contributed by atoms with Crippen LogP contribution in [-0.2, 0) is 4.74 Å². The SMILES string of the molecule is C[C@@H](NC(=O)c1cn([C@@H]2C[C@H]2C2CC2)c(=O)cc1N[C@H]1[C@@H]2CN(C(=O)OC(C)(C)C)C[C@@H]21)c1cccc(C(F)F)c1F. The zero-order valence-corrected chi connectivity index (χ0v) is 24.2. The molecule has 2 aromatic rings. The van der Waals surface area contributed by atoms with E-state index in [1.54, 1.807) is 15.7 Å². The highest BCUT2D eigenvalue weighted by Gasteiger charge is 2.57. The topological polar surface area (TPSA) is 92.7 Å². The summed E-state index contributed by atoms with van der Waals surface area (Å²) < 4.78 is 48.5. The van der Waals surface area contributed by atoms with Gasteiger partial charge in [0.1, 0.15) is 11.4 Å². The summed E-state index contributed by atoms with van der Waals surface area (Å²) in [7, 11) is 0. The van der Waals surface area contributed by atoms with Crippen LogP contribution in [0.3, 0.4) is 0 Å². The van der Waals surface area contributed by atoms with Crippen LogP contribution in [0.1, 0.15) is 87.0 Å². The van der Waals surface area contributed by atoms with Gasteiger partial charge in [0.05, 0.1) is 22.9 Å². The lowest BCUT2D eigenvalue weighted by molar-refractivity contribution is 0.0272. The maximum Gasteiger partial charge on any atom is 0.410 e. The van der Waals surface area contributed by atoms with E-state index in [4.69, 9.17) is 4.74 Å². The first kappa shape index (κ1) is 28.6. The summed E-state index contributed by atoms with van der Waals surface area (Å²) in [6.07, 6.45) is 1.46. The Morgan fingerprint density at radius 3 is 2.36 bits per heavy atom. The normalized spacial score (nSPS) is 27.0. The minimum atomic E-state index is -2.98. The van der Waals surface area contributed by atoms with E-state index in [-0.39, 0.29) is 46.7 Å². The van der Waals surface area contributed by atoms with Gasteiger partial charge in [-0.3, -0.25) is 9.59 Å². The maximum atomic E-state index is 14.8. The van der Waals surface area contributed by atoms with Crippen molar-refractivity contribution < 1.29 is 27.5 Å². The molecule has 6 rings (SSSR count). The lowest BCUT2D eigenvalue weighted by Gasteiger charge is -2.26. The second-order valence-electron chi connectivity index (χ2n) is 13.3. The van der Waals surface area contributed by atoms with Crippen molar-refractivity contribution in [2.75, 3.05) is 18.4 Å². The number of halogens is 3. The van der Waals surface area contributed by atoms with E-state index in [0.29, 0.717) is 30.6 Å². The van der Waals surface area contributed by atoms with Gasteiger partial charge in [0.15, 0.2) is 0 Å². The van der Waals surface area contributed by atoms with Gasteiger partial charge in [-0.2, -0.15) is 0 Å². The van der Waals surface area contributed by atoms with Gasteiger partial charge in [0.25, 0.3) is 17.9 Å². The number of pyridine rings is 1. The summed E-state index contributed by atoms with van der Waals surface area (Å²) in [6, 6.07) is 4.31. The Bertz CT molecular complexity index is 1460. The molecule has 0 radical (unpaired) electrons. The van der Waals surface area contributed by atoms with Crippen LogP contribution in [0.4, 0.5) is 23.7 Å². The highest BCUT2D eigenvalue weighted by molar-refractivity contribution is 5.99. The predicted octanol–water partition coefficient (Wildman–Crippen LogP) is 5.66. The highest BCUT2D eigenvalue weighted by Crippen LogP contribution is 2.56. The average molecular weight is 587 g/mol. The Hall–Kier alpha value is -3.50. The van der Waals surface area contributed by atoms with Gasteiger partial charge < -0.3 is 24.8 Å². The molecular formula is C31H37F3N4O4. The molecule has 0 spiro atoms. The Labute approximate surface area is 242 Å². The molecule has 0 unspecified atom stereocenters. The van der Waals surface area contributed by atoms with E-state index in [2.05, 4.69) is 10.6 Å². The fraction of sp³-hybridized carbons (Fsp3) is 0.581. The molecule has 4 aliphatic rings. The molecule has 0 bridgehead atoms. The molecule has 2 N–H and O–H groups in total. The van der Waals surface area contributed by atoms with Crippen LogP contribution in [-0.4, -0.2) is 46.2 Å². The number of nitrogens with zero attached hydrogens (tertiary/aromatic N) is 2. The molecule has 6 atom stereocenters. The molecule has 2 heterocycles. The van der Waals surface area contributed by atoms with Crippen molar-refractivity contribution in [1.29, 1.82) is 0 Å². The van der Waals surface area contributed by atoms with Crippen molar-refractivity contribution in [3.05, 3.63) is 63.3 Å². The van der Waals surface area contributed by atoms with Crippen LogP contribution in [0.25, 0.3) is 0 Å². The zero-order valence-electron chi connectivity index (χ0n) is 24.2. The average Bonchev–Trinajstić information content (AvgIpc) is 3.83. The first-order valence-electron chi connectivity index (χ1n) is 14.7. The molecule has 11 heteroatoms. The lowest BCUT2D eigenvalue weighted by Crippen LogP contribution is -2.38. The van der Waals surface area contributed by atoms with E-state index in [1.165, 1.54) is 25.1 Å². The van der Waals surface area contributed by atoms with E-state index >= 15 is 0 Å². The Kier molecular flexibility index (Phi) is 7.05. The predicted molar refractivity (Wildman–Crippen MR) is 150 cm³/mol. The van der Waals surface area contributed by atoms with Crippen LogP contribution in [0.5, 0.6) is 0 Å². The minimum absolute atomic E-state index is 0.0248. The fourth-order valence-electron chi connectivity index (χ4n) is 6.48. The van der Waals surface area contributed by atoms with E-state index < -0.39 is 35.4 Å². The number of fused-ring (bicyclic) bond motifs is 1. The highest BCUT2D eigenvalue weighted by atomic mass is 19.3. The van der Waals surface area contributed by atoms with Gasteiger partial charge in [-0.15, -0.1) is 0 Å². The maximum absolute atomic E-state index is 14.8. The number of amides is 2. The van der Waals surface area contributed by atoms with Crippen molar-refractivity contribution >= 4 is 17.7 Å². The quantitative estimate of drug-likeness (QED) is 0.416.